The average Bonchev–Trinajstić information content (AvgIpc) is 1.85. The summed E-state index contributed by atoms with van der Waals surface area (Å²) in [5.74, 6) is 0.678. The lowest BCUT2D eigenvalue weighted by Crippen LogP contribution is -2.40. The largest absolute Gasteiger partial charge is 0.327 e. The molecule has 0 aromatic heterocycles. The fourth-order valence-corrected chi connectivity index (χ4v) is 1.26. The molecule has 0 aliphatic heterocycles. The minimum absolute atomic E-state index is 0.303. The maximum absolute atomic E-state index is 5.88. The number of hydrogen-bond acceptors (Lipinski definition) is 1. The minimum Gasteiger partial charge on any atom is -0.327 e. The first kappa shape index (κ1) is 9.96. The average molecular weight is 143 g/mol. The maximum Gasteiger partial charge on any atom is 0.00667 e. The van der Waals surface area contributed by atoms with E-state index < -0.39 is 0 Å². The van der Waals surface area contributed by atoms with Crippen molar-refractivity contribution in [1.29, 1.82) is 0 Å². The van der Waals surface area contributed by atoms with Gasteiger partial charge in [-0.05, 0) is 24.7 Å². The molecule has 0 saturated carbocycles. The van der Waals surface area contributed by atoms with Crippen LogP contribution in [0.5, 0.6) is 0 Å². The Hall–Kier alpha value is -0.0400. The van der Waals surface area contributed by atoms with Crippen molar-refractivity contribution in [3.8, 4) is 0 Å². The zero-order valence-electron chi connectivity index (χ0n) is 7.94. The van der Waals surface area contributed by atoms with E-state index in [1.54, 1.807) is 0 Å². The Bertz CT molecular complexity index is 86.9. The molecule has 0 aromatic carbocycles. The van der Waals surface area contributed by atoms with Crippen molar-refractivity contribution in [3.05, 3.63) is 0 Å². The van der Waals surface area contributed by atoms with Crippen LogP contribution in [-0.4, -0.2) is 6.04 Å². The highest BCUT2D eigenvalue weighted by Gasteiger charge is 2.29. The maximum atomic E-state index is 5.88. The van der Waals surface area contributed by atoms with Crippen LogP contribution in [0, 0.1) is 11.3 Å². The quantitative estimate of drug-likeness (QED) is 0.645. The summed E-state index contributed by atoms with van der Waals surface area (Å²) in [6.07, 6.45) is 1.17. The molecule has 10 heavy (non-hydrogen) atoms. The molecule has 0 aliphatic carbocycles. The summed E-state index contributed by atoms with van der Waals surface area (Å²) in [6, 6.07) is 0.303. The van der Waals surface area contributed by atoms with Gasteiger partial charge in [0.1, 0.15) is 0 Å². The third kappa shape index (κ3) is 1.72. The molecule has 2 unspecified atom stereocenters. The van der Waals surface area contributed by atoms with E-state index in [9.17, 15) is 0 Å². The molecule has 0 saturated heterocycles. The third-order valence-electron chi connectivity index (χ3n) is 3.12. The molecule has 0 aliphatic rings. The van der Waals surface area contributed by atoms with Crippen LogP contribution in [0.4, 0.5) is 0 Å². The molecule has 0 radical (unpaired) electrons. The van der Waals surface area contributed by atoms with E-state index in [-0.39, 0.29) is 0 Å². The van der Waals surface area contributed by atoms with Crippen molar-refractivity contribution in [2.75, 3.05) is 0 Å². The van der Waals surface area contributed by atoms with Crippen LogP contribution >= 0.6 is 0 Å². The predicted molar refractivity (Wildman–Crippen MR) is 46.9 cm³/mol. The molecule has 0 spiro atoms. The number of nitrogens with two attached hydrogens (primary N) is 1. The Labute approximate surface area is 65.0 Å². The lowest BCUT2D eigenvalue weighted by atomic mass is 9.72. The summed E-state index contributed by atoms with van der Waals surface area (Å²) < 4.78 is 0. The van der Waals surface area contributed by atoms with Gasteiger partial charge in [0.25, 0.3) is 0 Å². The number of hydrogen-bond donors (Lipinski definition) is 1. The highest BCUT2D eigenvalue weighted by atomic mass is 14.7. The van der Waals surface area contributed by atoms with E-state index in [0.717, 1.165) is 0 Å². The Balaban J connectivity index is 4.23. The van der Waals surface area contributed by atoms with E-state index in [2.05, 4.69) is 34.6 Å². The van der Waals surface area contributed by atoms with Crippen LogP contribution in [0.15, 0.2) is 0 Å². The van der Waals surface area contributed by atoms with E-state index in [1.807, 2.05) is 0 Å². The van der Waals surface area contributed by atoms with E-state index in [1.165, 1.54) is 6.42 Å². The second-order valence-electron chi connectivity index (χ2n) is 3.80. The van der Waals surface area contributed by atoms with Gasteiger partial charge in [0.2, 0.25) is 0 Å². The van der Waals surface area contributed by atoms with Gasteiger partial charge in [-0.25, -0.2) is 0 Å². The van der Waals surface area contributed by atoms with Crippen LogP contribution < -0.4 is 5.73 Å². The SMILES string of the molecule is CCC(C)(C(C)C)C(C)N. The first-order valence-corrected chi connectivity index (χ1v) is 4.20. The zero-order chi connectivity index (χ0) is 8.36. The van der Waals surface area contributed by atoms with Gasteiger partial charge in [-0.2, -0.15) is 0 Å². The monoisotopic (exact) mass is 143 g/mol. The Morgan fingerprint density at radius 2 is 1.70 bits per heavy atom. The normalized spacial score (nSPS) is 20.7. The molecule has 0 aromatic rings. The topological polar surface area (TPSA) is 26.0 Å². The van der Waals surface area contributed by atoms with Crippen LogP contribution in [0.25, 0.3) is 0 Å². The van der Waals surface area contributed by atoms with Crippen molar-refractivity contribution >= 4 is 0 Å². The molecular weight excluding hydrogens is 122 g/mol. The first-order chi connectivity index (χ1) is 4.45. The molecule has 2 N–H and O–H groups in total. The Kier molecular flexibility index (Phi) is 3.37. The van der Waals surface area contributed by atoms with Gasteiger partial charge in [-0.3, -0.25) is 0 Å². The summed E-state index contributed by atoms with van der Waals surface area (Å²) in [4.78, 5) is 0. The molecule has 1 nitrogen and oxygen atoms in total. The van der Waals surface area contributed by atoms with Crippen molar-refractivity contribution < 1.29 is 0 Å². The molecule has 0 rings (SSSR count). The molecule has 62 valence electrons. The molecule has 0 heterocycles. The lowest BCUT2D eigenvalue weighted by molar-refractivity contribution is 0.169. The summed E-state index contributed by atoms with van der Waals surface area (Å²) >= 11 is 0. The minimum atomic E-state index is 0.303. The van der Waals surface area contributed by atoms with Gasteiger partial charge in [0.05, 0.1) is 0 Å². The van der Waals surface area contributed by atoms with Crippen molar-refractivity contribution in [1.82, 2.24) is 0 Å². The number of rotatable bonds is 3. The van der Waals surface area contributed by atoms with Crippen molar-refractivity contribution in [3.63, 3.8) is 0 Å². The molecular formula is C9H21N. The van der Waals surface area contributed by atoms with Crippen molar-refractivity contribution in [2.24, 2.45) is 17.1 Å². The molecule has 1 heteroatoms. The second kappa shape index (κ2) is 3.38. The summed E-state index contributed by atoms with van der Waals surface area (Å²) in [7, 11) is 0. The standard InChI is InChI=1S/C9H21N/c1-6-9(5,7(2)3)8(4)10/h7-8H,6,10H2,1-5H3. The van der Waals surface area contributed by atoms with Crippen LogP contribution in [-0.2, 0) is 0 Å². The molecule has 0 fully saturated rings. The van der Waals surface area contributed by atoms with E-state index in [4.69, 9.17) is 5.73 Å². The van der Waals surface area contributed by atoms with E-state index in [0.29, 0.717) is 17.4 Å². The van der Waals surface area contributed by atoms with Gasteiger partial charge in [-0.1, -0.05) is 27.7 Å². The summed E-state index contributed by atoms with van der Waals surface area (Å²) in [6.45, 7) is 11.1. The fraction of sp³-hybridized carbons (Fsp3) is 1.00. The molecule has 0 amide bonds. The highest BCUT2D eigenvalue weighted by Crippen LogP contribution is 2.33. The zero-order valence-corrected chi connectivity index (χ0v) is 7.94. The predicted octanol–water partition coefficient (Wildman–Crippen LogP) is 2.41. The van der Waals surface area contributed by atoms with Gasteiger partial charge in [-0.15, -0.1) is 0 Å². The van der Waals surface area contributed by atoms with Crippen LogP contribution in [0.1, 0.15) is 41.0 Å². The summed E-state index contributed by atoms with van der Waals surface area (Å²) in [5, 5.41) is 0. The van der Waals surface area contributed by atoms with Gasteiger partial charge in [0, 0.05) is 6.04 Å². The third-order valence-corrected chi connectivity index (χ3v) is 3.12. The van der Waals surface area contributed by atoms with Gasteiger partial charge >= 0.3 is 0 Å². The fourth-order valence-electron chi connectivity index (χ4n) is 1.26. The smallest absolute Gasteiger partial charge is 0.00667 e. The van der Waals surface area contributed by atoms with Gasteiger partial charge in [0.15, 0.2) is 0 Å². The van der Waals surface area contributed by atoms with Crippen LogP contribution in [0.2, 0.25) is 0 Å². The Morgan fingerprint density at radius 3 is 1.70 bits per heavy atom. The molecule has 2 atom stereocenters. The second-order valence-corrected chi connectivity index (χ2v) is 3.80. The first-order valence-electron chi connectivity index (χ1n) is 4.20. The lowest BCUT2D eigenvalue weighted by Gasteiger charge is -2.36. The van der Waals surface area contributed by atoms with Gasteiger partial charge < -0.3 is 5.73 Å². The Morgan fingerprint density at radius 1 is 1.30 bits per heavy atom. The summed E-state index contributed by atoms with van der Waals surface area (Å²) in [5.41, 5.74) is 6.20. The van der Waals surface area contributed by atoms with E-state index >= 15 is 0 Å². The van der Waals surface area contributed by atoms with Crippen molar-refractivity contribution in [2.45, 2.75) is 47.1 Å². The molecule has 0 bridgehead atoms. The highest BCUT2D eigenvalue weighted by molar-refractivity contribution is 4.83. The van der Waals surface area contributed by atoms with Crippen LogP contribution in [0.3, 0.4) is 0 Å².